The first-order chi connectivity index (χ1) is 20.2. The number of anilines is 4. The summed E-state index contributed by atoms with van der Waals surface area (Å²) in [4.78, 5) is 36.3. The quantitative estimate of drug-likeness (QED) is 0.435. The van der Waals surface area contributed by atoms with Gasteiger partial charge in [0, 0.05) is 47.9 Å². The molecule has 2 saturated carbocycles. The second-order valence-electron chi connectivity index (χ2n) is 12.0. The summed E-state index contributed by atoms with van der Waals surface area (Å²) in [6.07, 6.45) is 3.35. The van der Waals surface area contributed by atoms with Crippen molar-refractivity contribution in [3.8, 4) is 0 Å². The van der Waals surface area contributed by atoms with Gasteiger partial charge in [0.05, 0.1) is 22.8 Å². The number of carbonyl (C=O) groups excluding carboxylic acids is 2. The highest BCUT2D eigenvalue weighted by molar-refractivity contribution is 6.04. The van der Waals surface area contributed by atoms with Gasteiger partial charge in [-0.2, -0.15) is 18.2 Å². The summed E-state index contributed by atoms with van der Waals surface area (Å²) >= 11 is 0. The molecule has 2 saturated heterocycles. The summed E-state index contributed by atoms with van der Waals surface area (Å²) in [6, 6.07) is 10.8. The molecule has 0 radical (unpaired) electrons. The zero-order chi connectivity index (χ0) is 29.0. The largest absolute Gasteiger partial charge is 0.416 e. The number of likely N-dealkylation sites (tertiary alicyclic amines) is 1. The molecule has 5 heterocycles. The fraction of sp³-hybridized carbons (Fsp3) is 0.400. The third-order valence-electron chi connectivity index (χ3n) is 9.92. The molecular formula is C30H28F3N7O2. The summed E-state index contributed by atoms with van der Waals surface area (Å²) in [5.41, 5.74) is 8.31. The smallest absolute Gasteiger partial charge is 0.382 e. The zero-order valence-corrected chi connectivity index (χ0v) is 22.6. The Kier molecular flexibility index (Phi) is 5.12. The molecule has 3 N–H and O–H groups in total. The van der Waals surface area contributed by atoms with Crippen molar-refractivity contribution in [2.75, 3.05) is 29.1 Å². The Bertz CT molecular complexity index is 1640. The Hall–Kier alpha value is -4.19. The van der Waals surface area contributed by atoms with Crippen LogP contribution in [-0.4, -0.2) is 50.8 Å². The summed E-state index contributed by atoms with van der Waals surface area (Å²) in [7, 11) is 0. The molecule has 2 aliphatic carbocycles. The van der Waals surface area contributed by atoms with Crippen LogP contribution in [0, 0.1) is 11.3 Å². The Morgan fingerprint density at radius 2 is 1.79 bits per heavy atom. The number of hydrogen-bond donors (Lipinski definition) is 2. The van der Waals surface area contributed by atoms with E-state index in [0.29, 0.717) is 11.7 Å². The average molecular weight is 576 g/mol. The normalized spacial score (nSPS) is 28.9. The van der Waals surface area contributed by atoms with Crippen molar-refractivity contribution < 1.29 is 22.8 Å². The van der Waals surface area contributed by atoms with E-state index >= 15 is 0 Å². The van der Waals surface area contributed by atoms with Crippen LogP contribution in [0.25, 0.3) is 0 Å². The first-order valence-electron chi connectivity index (χ1n) is 14.2. The Balaban J connectivity index is 1.05. The van der Waals surface area contributed by atoms with Crippen LogP contribution in [-0.2, 0) is 16.5 Å². The zero-order valence-electron chi connectivity index (χ0n) is 22.6. The van der Waals surface area contributed by atoms with Crippen molar-refractivity contribution in [2.24, 2.45) is 11.3 Å². The fourth-order valence-electron chi connectivity index (χ4n) is 7.74. The number of hydrazine groups is 1. The van der Waals surface area contributed by atoms with Crippen molar-refractivity contribution in [2.45, 2.75) is 49.9 Å². The van der Waals surface area contributed by atoms with Gasteiger partial charge in [-0.3, -0.25) is 14.6 Å². The molecule has 4 unspecified atom stereocenters. The highest BCUT2D eigenvalue weighted by Crippen LogP contribution is 2.89. The minimum atomic E-state index is -4.54. The molecule has 5 aliphatic rings. The molecular weight excluding hydrogens is 547 g/mol. The van der Waals surface area contributed by atoms with E-state index in [-0.39, 0.29) is 34.3 Å². The van der Waals surface area contributed by atoms with Gasteiger partial charge in [-0.15, -0.1) is 0 Å². The lowest BCUT2D eigenvalue weighted by Gasteiger charge is -2.43. The molecule has 216 valence electrons. The number of carbonyl (C=O) groups is 2. The molecule has 0 bridgehead atoms. The molecule has 12 heteroatoms. The van der Waals surface area contributed by atoms with Crippen LogP contribution >= 0.6 is 0 Å². The highest BCUT2D eigenvalue weighted by atomic mass is 19.4. The predicted octanol–water partition coefficient (Wildman–Crippen LogP) is 4.70. The number of alkyl halides is 3. The van der Waals surface area contributed by atoms with Crippen LogP contribution in [0.15, 0.2) is 54.9 Å². The van der Waals surface area contributed by atoms with Crippen molar-refractivity contribution in [3.63, 3.8) is 0 Å². The number of piperidine rings is 1. The molecule has 2 amide bonds. The van der Waals surface area contributed by atoms with Crippen LogP contribution < -0.4 is 16.1 Å². The molecule has 8 rings (SSSR count). The van der Waals surface area contributed by atoms with E-state index in [1.54, 1.807) is 30.5 Å². The summed E-state index contributed by atoms with van der Waals surface area (Å²) < 4.78 is 39.2. The second kappa shape index (κ2) is 8.43. The number of pyridine rings is 2. The third-order valence-corrected chi connectivity index (χ3v) is 9.92. The van der Waals surface area contributed by atoms with E-state index in [1.165, 1.54) is 0 Å². The maximum absolute atomic E-state index is 13.1. The summed E-state index contributed by atoms with van der Waals surface area (Å²) in [5, 5.41) is 6.83. The molecule has 4 fully saturated rings. The van der Waals surface area contributed by atoms with Gasteiger partial charge in [-0.25, -0.2) is 9.97 Å². The lowest BCUT2D eigenvalue weighted by Crippen LogP contribution is -2.52. The maximum atomic E-state index is 13.1. The molecule has 3 aromatic rings. The minimum absolute atomic E-state index is 0.0142. The number of amides is 2. The molecule has 42 heavy (non-hydrogen) atoms. The van der Waals surface area contributed by atoms with E-state index in [9.17, 15) is 22.8 Å². The first-order valence-corrected chi connectivity index (χ1v) is 14.2. The topological polar surface area (TPSA) is 107 Å². The van der Waals surface area contributed by atoms with Gasteiger partial charge < -0.3 is 16.0 Å². The molecule has 2 aromatic heterocycles. The van der Waals surface area contributed by atoms with Gasteiger partial charge in [0.1, 0.15) is 17.3 Å². The van der Waals surface area contributed by atoms with Crippen LogP contribution in [0.2, 0.25) is 0 Å². The first kappa shape index (κ1) is 25.5. The Morgan fingerprint density at radius 1 is 1.02 bits per heavy atom. The predicted molar refractivity (Wildman–Crippen MR) is 147 cm³/mol. The third kappa shape index (κ3) is 3.29. The monoisotopic (exact) mass is 575 g/mol. The number of halogens is 3. The minimum Gasteiger partial charge on any atom is -0.382 e. The van der Waals surface area contributed by atoms with E-state index in [1.807, 2.05) is 6.07 Å². The molecule has 2 spiro atoms. The second-order valence-corrected chi connectivity index (χ2v) is 12.0. The van der Waals surface area contributed by atoms with Gasteiger partial charge in [0.25, 0.3) is 5.91 Å². The maximum Gasteiger partial charge on any atom is 0.416 e. The van der Waals surface area contributed by atoms with E-state index < -0.39 is 17.6 Å². The average Bonchev–Trinajstić information content (AvgIpc) is 3.77. The number of aromatic nitrogens is 2. The lowest BCUT2D eigenvalue weighted by atomic mass is 9.81. The Labute approximate surface area is 239 Å². The molecule has 3 aliphatic heterocycles. The van der Waals surface area contributed by atoms with Gasteiger partial charge in [0.2, 0.25) is 5.91 Å². The number of nitrogen functional groups attached to an aromatic ring is 1. The van der Waals surface area contributed by atoms with E-state index in [0.717, 1.165) is 80.5 Å². The molecule has 9 nitrogen and oxygen atoms in total. The number of nitrogens with zero attached hydrogens (tertiary/aromatic N) is 5. The molecule has 1 aromatic carbocycles. The van der Waals surface area contributed by atoms with Gasteiger partial charge in [-0.05, 0) is 68.1 Å². The van der Waals surface area contributed by atoms with E-state index in [2.05, 4.69) is 30.2 Å². The van der Waals surface area contributed by atoms with Crippen LogP contribution in [0.4, 0.5) is 36.2 Å². The number of nitrogens with one attached hydrogen (secondary N) is 1. The van der Waals surface area contributed by atoms with Gasteiger partial charge in [0.15, 0.2) is 0 Å². The van der Waals surface area contributed by atoms with Crippen molar-refractivity contribution in [1.29, 1.82) is 0 Å². The number of nitrogens with two attached hydrogens (primary N) is 1. The number of rotatable bonds is 4. The number of fused-ring (bicyclic) bond motifs is 3. The van der Waals surface area contributed by atoms with Crippen molar-refractivity contribution in [3.05, 3.63) is 71.5 Å². The van der Waals surface area contributed by atoms with Crippen LogP contribution in [0.1, 0.15) is 53.6 Å². The Morgan fingerprint density at radius 3 is 2.50 bits per heavy atom. The van der Waals surface area contributed by atoms with Crippen molar-refractivity contribution >= 4 is 34.8 Å². The number of hydrogen-bond acceptors (Lipinski definition) is 7. The van der Waals surface area contributed by atoms with Gasteiger partial charge >= 0.3 is 6.18 Å². The fourth-order valence-corrected chi connectivity index (χ4v) is 7.74. The standard InChI is InChI=1S/C30H28F3N7O2/c31-30(32,33)19-9-12-35-22(15-19)37-25(41)17-5-7-20(8-6-17)39-23-21(10-13-36-24(23)34)29-27(40(29)39)28(29)11-2-14-38(16-28)26(42)18-3-1-4-18/h5-10,12-13,15,18,27H,1-4,11,14,16H2,(H2,34,36)(H,35,37,41). The van der Waals surface area contributed by atoms with Crippen LogP contribution in [0.3, 0.4) is 0 Å². The number of benzene rings is 1. The summed E-state index contributed by atoms with van der Waals surface area (Å²) in [5.74, 6) is 0.134. The highest BCUT2D eigenvalue weighted by Gasteiger charge is 2.99. The molecule has 4 atom stereocenters. The van der Waals surface area contributed by atoms with E-state index in [4.69, 9.17) is 5.73 Å². The SMILES string of the molecule is Nc1nccc2c1N(c1ccc(C(=O)Nc3cc(C(F)(F)F)ccn3)cc1)N1C3C4(CCCN(C(=O)C5CCC5)C4)C231. The van der Waals surface area contributed by atoms with Crippen LogP contribution in [0.5, 0.6) is 0 Å². The summed E-state index contributed by atoms with van der Waals surface area (Å²) in [6.45, 7) is 1.57. The van der Waals surface area contributed by atoms with Crippen molar-refractivity contribution in [1.82, 2.24) is 19.9 Å². The van der Waals surface area contributed by atoms with Gasteiger partial charge in [-0.1, -0.05) is 6.42 Å². The lowest BCUT2D eigenvalue weighted by molar-refractivity contribution is -0.141.